The van der Waals surface area contributed by atoms with Gasteiger partial charge in [-0.1, -0.05) is 11.6 Å². The molecule has 6 heteroatoms. The summed E-state index contributed by atoms with van der Waals surface area (Å²) in [6, 6.07) is 6.45. The molecule has 0 spiro atoms. The minimum atomic E-state index is -1.07. The molecule has 0 aromatic heterocycles. The van der Waals surface area contributed by atoms with Crippen molar-refractivity contribution in [2.24, 2.45) is 5.92 Å². The predicted octanol–water partition coefficient (Wildman–Crippen LogP) is 2.82. The molecule has 1 aromatic rings. The van der Waals surface area contributed by atoms with Gasteiger partial charge in [0.1, 0.15) is 5.75 Å². The molecule has 0 saturated carbocycles. The number of hydrogen-bond donors (Lipinski definition) is 1. The minimum absolute atomic E-state index is 0.210. The van der Waals surface area contributed by atoms with Gasteiger partial charge < -0.3 is 14.7 Å². The topological polar surface area (TPSA) is 66.8 Å². The molecular formula is C16H20ClNO4. The lowest BCUT2D eigenvalue weighted by molar-refractivity contribution is -0.148. The normalized spacial score (nSPS) is 21.7. The van der Waals surface area contributed by atoms with Gasteiger partial charge in [0.2, 0.25) is 0 Å². The molecule has 1 heterocycles. The summed E-state index contributed by atoms with van der Waals surface area (Å²) < 4.78 is 5.78. The number of carbonyl (C=O) groups is 2. The summed E-state index contributed by atoms with van der Waals surface area (Å²) in [5.41, 5.74) is -1.07. The number of halogens is 1. The van der Waals surface area contributed by atoms with Crippen molar-refractivity contribution in [2.45, 2.75) is 38.8 Å². The van der Waals surface area contributed by atoms with Crippen molar-refractivity contribution < 1.29 is 19.4 Å². The molecule has 1 amide bonds. The Labute approximate surface area is 134 Å². The van der Waals surface area contributed by atoms with E-state index in [9.17, 15) is 9.59 Å². The van der Waals surface area contributed by atoms with Crippen molar-refractivity contribution in [3.05, 3.63) is 29.3 Å². The minimum Gasteiger partial charge on any atom is -0.481 e. The first-order valence-corrected chi connectivity index (χ1v) is 7.58. The van der Waals surface area contributed by atoms with Gasteiger partial charge in [-0.05, 0) is 51.5 Å². The Kier molecular flexibility index (Phi) is 4.66. The molecule has 1 saturated heterocycles. The zero-order chi connectivity index (χ0) is 16.5. The number of carbonyl (C=O) groups excluding carboxylic acids is 1. The highest BCUT2D eigenvalue weighted by molar-refractivity contribution is 6.30. The van der Waals surface area contributed by atoms with Gasteiger partial charge >= 0.3 is 5.97 Å². The van der Waals surface area contributed by atoms with Gasteiger partial charge in [0.15, 0.2) is 5.60 Å². The summed E-state index contributed by atoms with van der Waals surface area (Å²) in [7, 11) is 0. The lowest BCUT2D eigenvalue weighted by Crippen LogP contribution is -2.51. The van der Waals surface area contributed by atoms with Crippen LogP contribution in [0.25, 0.3) is 0 Å². The van der Waals surface area contributed by atoms with Gasteiger partial charge in [0, 0.05) is 17.6 Å². The summed E-state index contributed by atoms with van der Waals surface area (Å²) in [6.45, 7) is 5.57. The Hall–Kier alpha value is -1.75. The third-order valence-corrected chi connectivity index (χ3v) is 4.29. The summed E-state index contributed by atoms with van der Waals surface area (Å²) in [5.74, 6) is -1.04. The molecule has 2 unspecified atom stereocenters. The smallest absolute Gasteiger partial charge is 0.308 e. The Balaban J connectivity index is 2.10. The third-order valence-electron chi connectivity index (χ3n) is 4.03. The van der Waals surface area contributed by atoms with Gasteiger partial charge in [-0.15, -0.1) is 0 Å². The average Bonchev–Trinajstić information content (AvgIpc) is 2.82. The number of amides is 1. The predicted molar refractivity (Wildman–Crippen MR) is 83.1 cm³/mol. The SMILES string of the molecule is CC1C(C(=O)O)CCN1C(=O)C(C)(C)Oc1ccc(Cl)cc1. The fourth-order valence-electron chi connectivity index (χ4n) is 2.74. The van der Waals surface area contributed by atoms with Crippen molar-refractivity contribution in [1.82, 2.24) is 4.90 Å². The second-order valence-corrected chi connectivity index (χ2v) is 6.48. The first-order valence-electron chi connectivity index (χ1n) is 7.21. The molecule has 0 bridgehead atoms. The Morgan fingerprint density at radius 3 is 2.41 bits per heavy atom. The van der Waals surface area contributed by atoms with Crippen molar-refractivity contribution in [1.29, 1.82) is 0 Å². The summed E-state index contributed by atoms with van der Waals surface area (Å²) in [5, 5.41) is 9.76. The maximum Gasteiger partial charge on any atom is 0.308 e. The monoisotopic (exact) mass is 325 g/mol. The van der Waals surface area contributed by atoms with Crippen LogP contribution < -0.4 is 4.74 Å². The molecule has 5 nitrogen and oxygen atoms in total. The summed E-state index contributed by atoms with van der Waals surface area (Å²) in [4.78, 5) is 25.5. The zero-order valence-corrected chi connectivity index (χ0v) is 13.6. The van der Waals surface area contributed by atoms with E-state index < -0.39 is 17.5 Å². The molecule has 2 atom stereocenters. The van der Waals surface area contributed by atoms with E-state index >= 15 is 0 Å². The summed E-state index contributed by atoms with van der Waals surface area (Å²) in [6.07, 6.45) is 0.471. The van der Waals surface area contributed by atoms with Crippen LogP contribution in [-0.2, 0) is 9.59 Å². The highest BCUT2D eigenvalue weighted by atomic mass is 35.5. The lowest BCUT2D eigenvalue weighted by atomic mass is 10.0. The van der Waals surface area contributed by atoms with E-state index in [1.165, 1.54) is 0 Å². The number of carboxylic acid groups (broad SMARTS) is 1. The third kappa shape index (κ3) is 3.35. The van der Waals surface area contributed by atoms with E-state index in [4.69, 9.17) is 21.4 Å². The van der Waals surface area contributed by atoms with Crippen LogP contribution in [0.5, 0.6) is 5.75 Å². The first kappa shape index (κ1) is 16.6. The number of rotatable bonds is 4. The van der Waals surface area contributed by atoms with E-state index in [2.05, 4.69) is 0 Å². The number of aliphatic carboxylic acids is 1. The first-order chi connectivity index (χ1) is 10.2. The molecule has 0 aliphatic carbocycles. The second-order valence-electron chi connectivity index (χ2n) is 6.04. The standard InChI is InChI=1S/C16H20ClNO4/c1-10-13(14(19)20)8-9-18(10)15(21)16(2,3)22-12-6-4-11(17)5-7-12/h4-7,10,13H,8-9H2,1-3H3,(H,19,20). The van der Waals surface area contributed by atoms with E-state index in [0.29, 0.717) is 23.7 Å². The maximum atomic E-state index is 12.7. The molecular weight excluding hydrogens is 306 g/mol. The van der Waals surface area contributed by atoms with Crippen LogP contribution >= 0.6 is 11.6 Å². The number of nitrogens with zero attached hydrogens (tertiary/aromatic N) is 1. The van der Waals surface area contributed by atoms with Crippen LogP contribution in [0, 0.1) is 5.92 Å². The van der Waals surface area contributed by atoms with Crippen LogP contribution in [0.2, 0.25) is 5.02 Å². The van der Waals surface area contributed by atoms with Crippen LogP contribution in [0.15, 0.2) is 24.3 Å². The van der Waals surface area contributed by atoms with Gasteiger partial charge in [0.25, 0.3) is 5.91 Å². The second kappa shape index (κ2) is 6.16. The van der Waals surface area contributed by atoms with Crippen molar-refractivity contribution in [3.8, 4) is 5.75 Å². The van der Waals surface area contributed by atoms with Gasteiger partial charge in [0.05, 0.1) is 5.92 Å². The molecule has 1 fully saturated rings. The van der Waals surface area contributed by atoms with Crippen molar-refractivity contribution in [3.63, 3.8) is 0 Å². The molecule has 22 heavy (non-hydrogen) atoms. The lowest BCUT2D eigenvalue weighted by Gasteiger charge is -2.32. The molecule has 1 aliphatic heterocycles. The quantitative estimate of drug-likeness (QED) is 0.924. The molecule has 2 rings (SSSR count). The zero-order valence-electron chi connectivity index (χ0n) is 12.9. The maximum absolute atomic E-state index is 12.7. The molecule has 0 radical (unpaired) electrons. The number of likely N-dealkylation sites (tertiary alicyclic amines) is 1. The molecule has 1 aromatic carbocycles. The van der Waals surface area contributed by atoms with Crippen molar-refractivity contribution in [2.75, 3.05) is 6.54 Å². The van der Waals surface area contributed by atoms with Gasteiger partial charge in [-0.3, -0.25) is 9.59 Å². The Bertz CT molecular complexity index is 570. The van der Waals surface area contributed by atoms with Gasteiger partial charge in [-0.2, -0.15) is 0 Å². The van der Waals surface area contributed by atoms with Crippen LogP contribution in [0.4, 0.5) is 0 Å². The fourth-order valence-corrected chi connectivity index (χ4v) is 2.87. The van der Waals surface area contributed by atoms with E-state index in [1.807, 2.05) is 0 Å². The molecule has 1 aliphatic rings. The number of hydrogen-bond acceptors (Lipinski definition) is 3. The fraction of sp³-hybridized carbons (Fsp3) is 0.500. The largest absolute Gasteiger partial charge is 0.481 e. The number of benzene rings is 1. The van der Waals surface area contributed by atoms with Gasteiger partial charge in [-0.25, -0.2) is 0 Å². The Morgan fingerprint density at radius 1 is 1.32 bits per heavy atom. The molecule has 120 valence electrons. The molecule has 1 N–H and O–H groups in total. The van der Waals surface area contributed by atoms with E-state index in [0.717, 1.165) is 0 Å². The van der Waals surface area contributed by atoms with Crippen LogP contribution in [0.1, 0.15) is 27.2 Å². The van der Waals surface area contributed by atoms with Crippen LogP contribution in [-0.4, -0.2) is 40.1 Å². The number of carboxylic acids is 1. The highest BCUT2D eigenvalue weighted by Crippen LogP contribution is 2.29. The Morgan fingerprint density at radius 2 is 1.91 bits per heavy atom. The van der Waals surface area contributed by atoms with E-state index in [1.54, 1.807) is 49.9 Å². The number of ether oxygens (including phenoxy) is 1. The summed E-state index contributed by atoms with van der Waals surface area (Å²) >= 11 is 5.83. The average molecular weight is 326 g/mol. The van der Waals surface area contributed by atoms with E-state index in [-0.39, 0.29) is 11.9 Å². The highest BCUT2D eigenvalue weighted by Gasteiger charge is 2.43. The van der Waals surface area contributed by atoms with Crippen LogP contribution in [0.3, 0.4) is 0 Å². The van der Waals surface area contributed by atoms with Crippen molar-refractivity contribution >= 4 is 23.5 Å².